The molecule has 0 unspecified atom stereocenters. The van der Waals surface area contributed by atoms with Crippen LogP contribution < -0.4 is 10.6 Å². The van der Waals surface area contributed by atoms with E-state index >= 15 is 0 Å². The van der Waals surface area contributed by atoms with Gasteiger partial charge in [0.25, 0.3) is 0 Å². The van der Waals surface area contributed by atoms with Gasteiger partial charge in [-0.2, -0.15) is 13.2 Å². The van der Waals surface area contributed by atoms with Crippen LogP contribution in [0.1, 0.15) is 36.8 Å². The van der Waals surface area contributed by atoms with Crippen molar-refractivity contribution in [3.05, 3.63) is 41.5 Å². The van der Waals surface area contributed by atoms with E-state index in [1.807, 2.05) is 6.92 Å². The van der Waals surface area contributed by atoms with Gasteiger partial charge in [-0.1, -0.05) is 5.16 Å². The minimum Gasteiger partial charge on any atom is -0.361 e. The zero-order chi connectivity index (χ0) is 24.0. The lowest BCUT2D eigenvalue weighted by molar-refractivity contribution is -0.137. The zero-order valence-corrected chi connectivity index (χ0v) is 18.9. The number of nitrogens with zero attached hydrogens (tertiary/aromatic N) is 4. The average molecular weight is 471 g/mol. The molecule has 4 aromatic heterocycles. The fourth-order valence-corrected chi connectivity index (χ4v) is 4.36. The number of aromatic nitrogens is 5. The average Bonchev–Trinajstić information content (AvgIpc) is 3.36. The molecule has 3 N–H and O–H groups in total. The van der Waals surface area contributed by atoms with Crippen LogP contribution in [0, 0.1) is 13.8 Å². The molecule has 178 valence electrons. The van der Waals surface area contributed by atoms with Crippen molar-refractivity contribution in [3.8, 4) is 22.5 Å². The second-order valence-corrected chi connectivity index (χ2v) is 8.68. The summed E-state index contributed by atoms with van der Waals surface area (Å²) in [5.74, 6) is 0.785. The van der Waals surface area contributed by atoms with Crippen LogP contribution in [0.15, 0.2) is 29.0 Å². The van der Waals surface area contributed by atoms with Crippen molar-refractivity contribution in [2.75, 3.05) is 11.9 Å². The molecule has 2 atom stereocenters. The van der Waals surface area contributed by atoms with E-state index in [1.165, 1.54) is 6.20 Å². The number of nitrogens with one attached hydrogen (secondary N) is 3. The predicted molar refractivity (Wildman–Crippen MR) is 121 cm³/mol. The molecule has 0 aliphatic carbocycles. The third-order valence-electron chi connectivity index (χ3n) is 6.17. The van der Waals surface area contributed by atoms with E-state index in [0.717, 1.165) is 24.6 Å². The minimum absolute atomic E-state index is 0.0445. The number of hydrogen-bond acceptors (Lipinski definition) is 7. The third kappa shape index (κ3) is 4.11. The Balaban J connectivity index is 1.55. The van der Waals surface area contributed by atoms with Crippen LogP contribution in [0.4, 0.5) is 19.1 Å². The third-order valence-corrected chi connectivity index (χ3v) is 6.17. The standard InChI is InChI=1S/C23H24F3N7O/c1-11-4-5-14(8-27-11)30-22-29-10-17(23(24,25)26)20(32-22)16-9-28-21-15(16)6-7-18(31-21)19-12(2)33-34-13(19)3/h6-7,9-11,14,27H,4-5,8H2,1-3H3,(H,28,31)(H,29,30,32)/t11-,14-/m0/s1. The number of anilines is 1. The Bertz CT molecular complexity index is 1320. The Kier molecular flexibility index (Phi) is 5.51. The minimum atomic E-state index is -4.61. The SMILES string of the molecule is Cc1noc(C)c1-c1ccc2c(-c3nc(N[C@H]4CC[C@H](C)NC4)ncc3C(F)(F)F)c[nH]c2n1. The van der Waals surface area contributed by atoms with Gasteiger partial charge in [0, 0.05) is 42.0 Å². The molecule has 1 saturated heterocycles. The van der Waals surface area contributed by atoms with E-state index in [9.17, 15) is 13.2 Å². The van der Waals surface area contributed by atoms with E-state index in [0.29, 0.717) is 46.3 Å². The smallest absolute Gasteiger partial charge is 0.361 e. The molecule has 1 aliphatic heterocycles. The number of alkyl halides is 3. The summed E-state index contributed by atoms with van der Waals surface area (Å²) in [5.41, 5.74) is 1.73. The van der Waals surface area contributed by atoms with Crippen molar-refractivity contribution in [2.45, 2.75) is 51.9 Å². The highest BCUT2D eigenvalue weighted by molar-refractivity contribution is 5.94. The Morgan fingerprint density at radius 3 is 2.65 bits per heavy atom. The molecule has 11 heteroatoms. The number of hydrogen-bond donors (Lipinski definition) is 3. The number of aryl methyl sites for hydroxylation is 2. The summed E-state index contributed by atoms with van der Waals surface area (Å²) >= 11 is 0. The van der Waals surface area contributed by atoms with Gasteiger partial charge in [0.2, 0.25) is 5.95 Å². The molecule has 5 heterocycles. The van der Waals surface area contributed by atoms with Crippen LogP contribution in [0.2, 0.25) is 0 Å². The molecule has 0 radical (unpaired) electrons. The molecule has 0 bridgehead atoms. The molecule has 1 aliphatic rings. The number of pyridine rings is 1. The van der Waals surface area contributed by atoms with E-state index in [2.05, 4.69) is 42.6 Å². The van der Waals surface area contributed by atoms with Crippen molar-refractivity contribution >= 4 is 17.0 Å². The van der Waals surface area contributed by atoms with Gasteiger partial charge in [0.15, 0.2) is 0 Å². The number of rotatable bonds is 4. The summed E-state index contributed by atoms with van der Waals surface area (Å²) in [6.45, 7) is 6.40. The normalized spacial score (nSPS) is 19.0. The molecule has 0 aromatic carbocycles. The highest BCUT2D eigenvalue weighted by atomic mass is 19.4. The lowest BCUT2D eigenvalue weighted by atomic mass is 10.0. The Labute approximate surface area is 193 Å². The van der Waals surface area contributed by atoms with Gasteiger partial charge < -0.3 is 20.1 Å². The van der Waals surface area contributed by atoms with Crippen LogP contribution in [0.3, 0.4) is 0 Å². The maximum absolute atomic E-state index is 13.9. The van der Waals surface area contributed by atoms with Crippen LogP contribution in [0.25, 0.3) is 33.5 Å². The molecule has 4 aromatic rings. The molecule has 0 amide bonds. The van der Waals surface area contributed by atoms with Gasteiger partial charge in [0.05, 0.1) is 22.6 Å². The topological polar surface area (TPSA) is 105 Å². The lowest BCUT2D eigenvalue weighted by Crippen LogP contribution is -2.43. The van der Waals surface area contributed by atoms with Gasteiger partial charge >= 0.3 is 6.18 Å². The number of halogens is 3. The number of H-pyrrole nitrogens is 1. The second kappa shape index (κ2) is 8.39. The van der Waals surface area contributed by atoms with Crippen LogP contribution in [-0.2, 0) is 6.18 Å². The van der Waals surface area contributed by atoms with Crippen LogP contribution in [0.5, 0.6) is 0 Å². The van der Waals surface area contributed by atoms with Gasteiger partial charge in [0.1, 0.15) is 17.0 Å². The van der Waals surface area contributed by atoms with Gasteiger partial charge in [-0.3, -0.25) is 0 Å². The van der Waals surface area contributed by atoms with Crippen molar-refractivity contribution in [2.24, 2.45) is 0 Å². The number of fused-ring (bicyclic) bond motifs is 1. The first kappa shape index (κ1) is 22.3. The van der Waals surface area contributed by atoms with E-state index in [-0.39, 0.29) is 17.7 Å². The van der Waals surface area contributed by atoms with Gasteiger partial charge in [-0.25, -0.2) is 15.0 Å². The molecule has 0 saturated carbocycles. The summed E-state index contributed by atoms with van der Waals surface area (Å²) in [4.78, 5) is 15.9. The summed E-state index contributed by atoms with van der Waals surface area (Å²) < 4.78 is 46.8. The first-order valence-corrected chi connectivity index (χ1v) is 11.1. The maximum Gasteiger partial charge on any atom is 0.419 e. The van der Waals surface area contributed by atoms with Gasteiger partial charge in [-0.15, -0.1) is 0 Å². The summed E-state index contributed by atoms with van der Waals surface area (Å²) in [7, 11) is 0. The van der Waals surface area contributed by atoms with E-state index < -0.39 is 11.7 Å². The Morgan fingerprint density at radius 1 is 1.15 bits per heavy atom. The molecular formula is C23H24F3N7O. The highest BCUT2D eigenvalue weighted by Crippen LogP contribution is 2.39. The summed E-state index contributed by atoms with van der Waals surface area (Å²) in [6, 6.07) is 3.94. The van der Waals surface area contributed by atoms with Crippen molar-refractivity contribution in [1.82, 2.24) is 30.4 Å². The Hall–Kier alpha value is -3.47. The van der Waals surface area contributed by atoms with Crippen molar-refractivity contribution in [3.63, 3.8) is 0 Å². The quantitative estimate of drug-likeness (QED) is 0.390. The van der Waals surface area contributed by atoms with Crippen LogP contribution in [-0.4, -0.2) is 43.7 Å². The summed E-state index contributed by atoms with van der Waals surface area (Å²) in [6.07, 6.45) is -0.417. The fourth-order valence-electron chi connectivity index (χ4n) is 4.36. The van der Waals surface area contributed by atoms with E-state index in [4.69, 9.17) is 4.52 Å². The first-order chi connectivity index (χ1) is 16.2. The predicted octanol–water partition coefficient (Wildman–Crippen LogP) is 4.86. The molecule has 5 rings (SSSR count). The fraction of sp³-hybridized carbons (Fsp3) is 0.391. The van der Waals surface area contributed by atoms with Crippen molar-refractivity contribution < 1.29 is 17.7 Å². The van der Waals surface area contributed by atoms with E-state index in [1.54, 1.807) is 19.1 Å². The Morgan fingerprint density at radius 2 is 1.97 bits per heavy atom. The first-order valence-electron chi connectivity index (χ1n) is 11.1. The largest absolute Gasteiger partial charge is 0.419 e. The monoisotopic (exact) mass is 471 g/mol. The highest BCUT2D eigenvalue weighted by Gasteiger charge is 2.36. The molecule has 34 heavy (non-hydrogen) atoms. The van der Waals surface area contributed by atoms with Crippen LogP contribution >= 0.6 is 0 Å². The number of aromatic amines is 1. The van der Waals surface area contributed by atoms with Gasteiger partial charge in [-0.05, 0) is 45.7 Å². The molecule has 0 spiro atoms. The lowest BCUT2D eigenvalue weighted by Gasteiger charge is -2.28. The zero-order valence-electron chi connectivity index (χ0n) is 18.9. The summed E-state index contributed by atoms with van der Waals surface area (Å²) in [5, 5.41) is 11.0. The molecule has 1 fully saturated rings. The number of piperidine rings is 1. The maximum atomic E-state index is 13.9. The van der Waals surface area contributed by atoms with Crippen molar-refractivity contribution in [1.29, 1.82) is 0 Å². The molecule has 8 nitrogen and oxygen atoms in total. The second-order valence-electron chi connectivity index (χ2n) is 8.68. The molecular weight excluding hydrogens is 447 g/mol.